The quantitative estimate of drug-likeness (QED) is 0.830. The Bertz CT molecular complexity index is 300. The number of amides is 1. The van der Waals surface area contributed by atoms with E-state index in [1.54, 1.807) is 11.8 Å². The van der Waals surface area contributed by atoms with Crippen molar-refractivity contribution in [2.24, 2.45) is 4.99 Å². The van der Waals surface area contributed by atoms with Crippen molar-refractivity contribution in [3.63, 3.8) is 0 Å². The highest BCUT2D eigenvalue weighted by molar-refractivity contribution is 8.14. The van der Waals surface area contributed by atoms with Gasteiger partial charge in [0, 0.05) is 31.3 Å². The van der Waals surface area contributed by atoms with Gasteiger partial charge in [-0.1, -0.05) is 11.8 Å². The Hall–Kier alpha value is -0.710. The molecule has 4 nitrogen and oxygen atoms in total. The fourth-order valence-electron chi connectivity index (χ4n) is 2.14. The molecule has 0 bridgehead atoms. The van der Waals surface area contributed by atoms with Gasteiger partial charge in [0.25, 0.3) is 0 Å². The van der Waals surface area contributed by atoms with Crippen molar-refractivity contribution < 1.29 is 4.79 Å². The molecule has 2 aliphatic heterocycles. The number of carbonyl (C=O) groups excluding carboxylic acids is 1. The van der Waals surface area contributed by atoms with E-state index in [-0.39, 0.29) is 5.91 Å². The Labute approximate surface area is 107 Å². The lowest BCUT2D eigenvalue weighted by Crippen LogP contribution is -2.35. The molecule has 1 amide bonds. The maximum absolute atomic E-state index is 11.9. The number of carbonyl (C=O) groups is 1. The molecule has 2 aliphatic rings. The van der Waals surface area contributed by atoms with Crippen LogP contribution in [-0.4, -0.2) is 47.4 Å². The van der Waals surface area contributed by atoms with E-state index in [2.05, 4.69) is 17.2 Å². The minimum atomic E-state index is 0.269. The first-order valence-electron chi connectivity index (χ1n) is 6.47. The van der Waals surface area contributed by atoms with Crippen LogP contribution in [0, 0.1) is 0 Å². The van der Waals surface area contributed by atoms with Crippen LogP contribution in [0.15, 0.2) is 4.99 Å². The van der Waals surface area contributed by atoms with Gasteiger partial charge in [0.1, 0.15) is 0 Å². The van der Waals surface area contributed by atoms with Crippen molar-refractivity contribution in [3.05, 3.63) is 0 Å². The number of hydrogen-bond donors (Lipinski definition) is 1. The summed E-state index contributed by atoms with van der Waals surface area (Å²) in [7, 11) is 0. The number of nitrogens with zero attached hydrogens (tertiary/aromatic N) is 2. The Balaban J connectivity index is 1.69. The van der Waals surface area contributed by atoms with E-state index < -0.39 is 0 Å². The number of aliphatic imine (C=N–C) groups is 1. The molecular weight excluding hydrogens is 234 g/mol. The highest BCUT2D eigenvalue weighted by Gasteiger charge is 2.17. The smallest absolute Gasteiger partial charge is 0.224 e. The average molecular weight is 255 g/mol. The molecule has 2 heterocycles. The van der Waals surface area contributed by atoms with Crippen LogP contribution in [0.4, 0.5) is 0 Å². The Morgan fingerprint density at radius 1 is 1.47 bits per heavy atom. The molecular formula is C12H21N3OS. The van der Waals surface area contributed by atoms with Gasteiger partial charge in [-0.2, -0.15) is 0 Å². The van der Waals surface area contributed by atoms with Crippen LogP contribution in [0.2, 0.25) is 0 Å². The lowest BCUT2D eigenvalue weighted by atomic mass is 10.1. The third-order valence-electron chi connectivity index (χ3n) is 3.13. The molecule has 0 aromatic heterocycles. The molecule has 0 spiro atoms. The molecule has 96 valence electrons. The number of thioether (sulfide) groups is 1. The summed E-state index contributed by atoms with van der Waals surface area (Å²) in [6.07, 6.45) is 4.15. The van der Waals surface area contributed by atoms with Gasteiger partial charge in [0.2, 0.25) is 5.91 Å². The summed E-state index contributed by atoms with van der Waals surface area (Å²) >= 11 is 1.75. The number of amidine groups is 1. The monoisotopic (exact) mass is 255 g/mol. The molecule has 0 radical (unpaired) electrons. The van der Waals surface area contributed by atoms with Gasteiger partial charge in [-0.3, -0.25) is 9.79 Å². The molecule has 0 aliphatic carbocycles. The molecule has 2 rings (SSSR count). The summed E-state index contributed by atoms with van der Waals surface area (Å²) in [5, 5.41) is 4.30. The van der Waals surface area contributed by atoms with E-state index >= 15 is 0 Å². The van der Waals surface area contributed by atoms with E-state index in [0.29, 0.717) is 19.0 Å². The van der Waals surface area contributed by atoms with Crippen molar-refractivity contribution in [3.8, 4) is 0 Å². The minimum absolute atomic E-state index is 0.269. The largest absolute Gasteiger partial charge is 0.362 e. The highest BCUT2D eigenvalue weighted by Crippen LogP contribution is 2.13. The lowest BCUT2D eigenvalue weighted by molar-refractivity contribution is -0.131. The van der Waals surface area contributed by atoms with Gasteiger partial charge < -0.3 is 10.2 Å². The van der Waals surface area contributed by atoms with Crippen LogP contribution in [0.1, 0.15) is 32.6 Å². The second-order valence-electron chi connectivity index (χ2n) is 4.73. The van der Waals surface area contributed by atoms with Crippen molar-refractivity contribution >= 4 is 22.8 Å². The second kappa shape index (κ2) is 6.28. The molecule has 1 N–H and O–H groups in total. The summed E-state index contributed by atoms with van der Waals surface area (Å²) in [4.78, 5) is 18.3. The van der Waals surface area contributed by atoms with Crippen molar-refractivity contribution in [1.82, 2.24) is 10.2 Å². The summed E-state index contributed by atoms with van der Waals surface area (Å²) in [6.45, 7) is 4.66. The predicted molar refractivity (Wildman–Crippen MR) is 72.4 cm³/mol. The third kappa shape index (κ3) is 3.91. The Morgan fingerprint density at radius 3 is 2.88 bits per heavy atom. The average Bonchev–Trinajstić information content (AvgIpc) is 2.76. The van der Waals surface area contributed by atoms with Crippen LogP contribution >= 0.6 is 11.8 Å². The Morgan fingerprint density at radius 2 is 2.24 bits per heavy atom. The zero-order valence-corrected chi connectivity index (χ0v) is 11.3. The van der Waals surface area contributed by atoms with Crippen molar-refractivity contribution in [1.29, 1.82) is 0 Å². The SMILES string of the molecule is CC1CSC(=NCCC(=O)N2CCCCC2)N1. The maximum atomic E-state index is 11.9. The molecule has 5 heteroatoms. The highest BCUT2D eigenvalue weighted by atomic mass is 32.2. The number of nitrogens with one attached hydrogen (secondary N) is 1. The van der Waals surface area contributed by atoms with Crippen molar-refractivity contribution in [2.45, 2.75) is 38.6 Å². The molecule has 2 saturated heterocycles. The molecule has 1 atom stereocenters. The molecule has 0 aromatic carbocycles. The zero-order chi connectivity index (χ0) is 12.1. The van der Waals surface area contributed by atoms with Crippen LogP contribution < -0.4 is 5.32 Å². The summed E-state index contributed by atoms with van der Waals surface area (Å²) in [6, 6.07) is 0.511. The lowest BCUT2D eigenvalue weighted by Gasteiger charge is -2.26. The number of likely N-dealkylation sites (tertiary alicyclic amines) is 1. The van der Waals surface area contributed by atoms with Crippen LogP contribution in [-0.2, 0) is 4.79 Å². The van der Waals surface area contributed by atoms with Crippen LogP contribution in [0.5, 0.6) is 0 Å². The summed E-state index contributed by atoms with van der Waals surface area (Å²) < 4.78 is 0. The van der Waals surface area contributed by atoms with Gasteiger partial charge in [0.05, 0.1) is 6.54 Å². The first kappa shape index (κ1) is 12.7. The van der Waals surface area contributed by atoms with E-state index in [1.807, 2.05) is 4.90 Å². The van der Waals surface area contributed by atoms with Gasteiger partial charge in [-0.25, -0.2) is 0 Å². The predicted octanol–water partition coefficient (Wildman–Crippen LogP) is 1.47. The minimum Gasteiger partial charge on any atom is -0.362 e. The third-order valence-corrected chi connectivity index (χ3v) is 4.32. The molecule has 1 unspecified atom stereocenters. The first-order chi connectivity index (χ1) is 8.25. The summed E-state index contributed by atoms with van der Waals surface area (Å²) in [5.41, 5.74) is 0. The molecule has 0 saturated carbocycles. The van der Waals surface area contributed by atoms with E-state index in [1.165, 1.54) is 6.42 Å². The topological polar surface area (TPSA) is 44.7 Å². The molecule has 0 aromatic rings. The Kier molecular flexibility index (Phi) is 4.71. The molecule has 2 fully saturated rings. The fourth-order valence-corrected chi connectivity index (χ4v) is 3.10. The second-order valence-corrected chi connectivity index (χ2v) is 5.74. The maximum Gasteiger partial charge on any atom is 0.224 e. The van der Waals surface area contributed by atoms with Gasteiger partial charge in [-0.15, -0.1) is 0 Å². The summed E-state index contributed by atoms with van der Waals surface area (Å²) in [5.74, 6) is 1.35. The van der Waals surface area contributed by atoms with Crippen LogP contribution in [0.3, 0.4) is 0 Å². The van der Waals surface area contributed by atoms with Gasteiger partial charge in [-0.05, 0) is 26.2 Å². The zero-order valence-electron chi connectivity index (χ0n) is 10.4. The van der Waals surface area contributed by atoms with E-state index in [0.717, 1.165) is 36.9 Å². The van der Waals surface area contributed by atoms with E-state index in [4.69, 9.17) is 0 Å². The fraction of sp³-hybridized carbons (Fsp3) is 0.833. The van der Waals surface area contributed by atoms with Crippen molar-refractivity contribution in [2.75, 3.05) is 25.4 Å². The van der Waals surface area contributed by atoms with Gasteiger partial charge in [0.15, 0.2) is 5.17 Å². The standard InChI is InChI=1S/C12H21N3OS/c1-10-9-17-12(14-10)13-6-5-11(16)15-7-3-2-4-8-15/h10H,2-9H2,1H3,(H,13,14). The van der Waals surface area contributed by atoms with Gasteiger partial charge >= 0.3 is 0 Å². The number of hydrogen-bond acceptors (Lipinski definition) is 3. The first-order valence-corrected chi connectivity index (χ1v) is 7.46. The van der Waals surface area contributed by atoms with E-state index in [9.17, 15) is 4.79 Å². The number of rotatable bonds is 3. The molecule has 17 heavy (non-hydrogen) atoms. The van der Waals surface area contributed by atoms with Crippen LogP contribution in [0.25, 0.3) is 0 Å². The normalized spacial score (nSPS) is 27.2. The number of piperidine rings is 1.